The summed E-state index contributed by atoms with van der Waals surface area (Å²) in [5, 5.41) is 15.0. The van der Waals surface area contributed by atoms with E-state index in [1.807, 2.05) is 30.3 Å². The van der Waals surface area contributed by atoms with Crippen LogP contribution in [0.1, 0.15) is 53.8 Å². The monoisotopic (exact) mass is 415 g/mol. The summed E-state index contributed by atoms with van der Waals surface area (Å²) in [5.74, 6) is -0.189. The van der Waals surface area contributed by atoms with Crippen molar-refractivity contribution in [2.75, 3.05) is 25.0 Å². The number of nitrogens with one attached hydrogen (secondary N) is 2. The Balaban J connectivity index is 1.33. The van der Waals surface area contributed by atoms with E-state index in [1.165, 1.54) is 30.6 Å². The van der Waals surface area contributed by atoms with Gasteiger partial charge in [-0.05, 0) is 44.9 Å². The lowest BCUT2D eigenvalue weighted by molar-refractivity contribution is -0.121. The Labute approximate surface area is 175 Å². The van der Waals surface area contributed by atoms with Crippen LogP contribution in [0.4, 0.5) is 5.69 Å². The molecule has 0 radical (unpaired) electrons. The second kappa shape index (κ2) is 11.0. The van der Waals surface area contributed by atoms with Gasteiger partial charge in [0.2, 0.25) is 10.9 Å². The zero-order valence-corrected chi connectivity index (χ0v) is 17.7. The maximum absolute atomic E-state index is 12.2. The Morgan fingerprint density at radius 3 is 2.83 bits per heavy atom. The molecule has 29 heavy (non-hydrogen) atoms. The van der Waals surface area contributed by atoms with Gasteiger partial charge < -0.3 is 10.6 Å². The van der Waals surface area contributed by atoms with E-state index in [1.54, 1.807) is 0 Å². The van der Waals surface area contributed by atoms with E-state index in [-0.39, 0.29) is 11.8 Å². The molecule has 156 valence electrons. The van der Waals surface area contributed by atoms with Crippen molar-refractivity contribution in [2.24, 2.45) is 0 Å². The highest BCUT2D eigenvalue weighted by molar-refractivity contribution is 7.13. The second-order valence-corrected chi connectivity index (χ2v) is 8.47. The van der Waals surface area contributed by atoms with Crippen molar-refractivity contribution in [1.82, 2.24) is 20.4 Å². The molecule has 8 heteroatoms. The lowest BCUT2D eigenvalue weighted by Gasteiger charge is -2.33. The lowest BCUT2D eigenvalue weighted by atomic mass is 10.0. The van der Waals surface area contributed by atoms with Gasteiger partial charge in [0.05, 0.1) is 0 Å². The molecular weight excluding hydrogens is 386 g/mol. The van der Waals surface area contributed by atoms with Gasteiger partial charge in [-0.2, -0.15) is 0 Å². The molecule has 2 aromatic rings. The summed E-state index contributed by atoms with van der Waals surface area (Å²) in [4.78, 5) is 26.7. The van der Waals surface area contributed by atoms with Crippen LogP contribution in [0.3, 0.4) is 0 Å². The number of aromatic nitrogens is 2. The Hall–Kier alpha value is -2.32. The van der Waals surface area contributed by atoms with E-state index < -0.39 is 0 Å². The van der Waals surface area contributed by atoms with Crippen LogP contribution >= 0.6 is 11.3 Å². The van der Waals surface area contributed by atoms with Crippen molar-refractivity contribution in [2.45, 2.75) is 51.5 Å². The summed E-state index contributed by atoms with van der Waals surface area (Å²) in [6, 6.07) is 9.88. The molecule has 0 aliphatic carbocycles. The Kier molecular flexibility index (Phi) is 8.13. The number of carbonyl (C=O) groups excluding carboxylic acids is 2. The fourth-order valence-corrected chi connectivity index (χ4v) is 4.25. The highest BCUT2D eigenvalue weighted by Gasteiger charge is 2.17. The molecule has 1 saturated heterocycles. The van der Waals surface area contributed by atoms with Gasteiger partial charge in [0.15, 0.2) is 0 Å². The number of nitrogens with zero attached hydrogens (tertiary/aromatic N) is 3. The molecule has 1 aromatic heterocycles. The number of amides is 2. The molecule has 7 nitrogen and oxygen atoms in total. The highest BCUT2D eigenvalue weighted by atomic mass is 32.1. The zero-order valence-electron chi connectivity index (χ0n) is 16.9. The van der Waals surface area contributed by atoms with E-state index in [9.17, 15) is 9.59 Å². The average molecular weight is 416 g/mol. The standard InChI is InChI=1S/C21H29N5O2S/c1-16-8-5-6-14-26(16)15-13-22-18(27)11-7-12-19-24-25-21(29-19)20(28)23-17-9-3-2-4-10-17/h2-4,9-10,16H,5-8,11-15H2,1H3,(H,22,27)(H,23,28)/t16-/m1/s1. The van der Waals surface area contributed by atoms with Crippen LogP contribution in [0.5, 0.6) is 0 Å². The van der Waals surface area contributed by atoms with Gasteiger partial charge in [0.25, 0.3) is 5.91 Å². The van der Waals surface area contributed by atoms with Gasteiger partial charge >= 0.3 is 0 Å². The summed E-state index contributed by atoms with van der Waals surface area (Å²) in [5.41, 5.74) is 0.727. The summed E-state index contributed by atoms with van der Waals surface area (Å²) in [6.45, 7) is 5.01. The minimum Gasteiger partial charge on any atom is -0.355 e. The van der Waals surface area contributed by atoms with E-state index in [0.29, 0.717) is 36.9 Å². The van der Waals surface area contributed by atoms with Crippen molar-refractivity contribution in [1.29, 1.82) is 0 Å². The van der Waals surface area contributed by atoms with Gasteiger partial charge in [-0.15, -0.1) is 10.2 Å². The number of aryl methyl sites for hydroxylation is 1. The average Bonchev–Trinajstić information content (AvgIpc) is 3.19. The minimum absolute atomic E-state index is 0.0706. The molecule has 3 rings (SSSR count). The summed E-state index contributed by atoms with van der Waals surface area (Å²) in [6.07, 6.45) is 5.62. The number of rotatable bonds is 9. The van der Waals surface area contributed by atoms with Crippen molar-refractivity contribution in [3.63, 3.8) is 0 Å². The molecule has 1 fully saturated rings. The van der Waals surface area contributed by atoms with Crippen molar-refractivity contribution in [3.05, 3.63) is 40.3 Å². The largest absolute Gasteiger partial charge is 0.355 e. The van der Waals surface area contributed by atoms with E-state index >= 15 is 0 Å². The molecule has 1 aliphatic rings. The van der Waals surface area contributed by atoms with Crippen molar-refractivity contribution >= 4 is 28.8 Å². The summed E-state index contributed by atoms with van der Waals surface area (Å²) < 4.78 is 0. The van der Waals surface area contributed by atoms with Crippen molar-refractivity contribution < 1.29 is 9.59 Å². The number of anilines is 1. The number of para-hydroxylation sites is 1. The van der Waals surface area contributed by atoms with E-state index in [4.69, 9.17) is 0 Å². The first kappa shape index (κ1) is 21.4. The normalized spacial score (nSPS) is 17.1. The van der Waals surface area contributed by atoms with E-state index in [0.717, 1.165) is 23.8 Å². The fraction of sp³-hybridized carbons (Fsp3) is 0.524. The first-order valence-electron chi connectivity index (χ1n) is 10.3. The third-order valence-electron chi connectivity index (χ3n) is 5.15. The maximum atomic E-state index is 12.2. The van der Waals surface area contributed by atoms with Crippen LogP contribution in [-0.4, -0.2) is 52.6 Å². The highest BCUT2D eigenvalue weighted by Crippen LogP contribution is 2.16. The Morgan fingerprint density at radius 1 is 1.21 bits per heavy atom. The molecule has 1 aliphatic heterocycles. The fourth-order valence-electron chi connectivity index (χ4n) is 3.47. The molecule has 2 amide bonds. The lowest BCUT2D eigenvalue weighted by Crippen LogP contribution is -2.42. The molecule has 1 atom stereocenters. The smallest absolute Gasteiger partial charge is 0.286 e. The third kappa shape index (κ3) is 6.90. The SMILES string of the molecule is C[C@@H]1CCCCN1CCNC(=O)CCCc1nnc(C(=O)Nc2ccccc2)s1. The van der Waals surface area contributed by atoms with Crippen LogP contribution in [0.2, 0.25) is 0 Å². The summed E-state index contributed by atoms with van der Waals surface area (Å²) in [7, 11) is 0. The van der Waals surface area contributed by atoms with Crippen LogP contribution in [-0.2, 0) is 11.2 Å². The molecule has 0 unspecified atom stereocenters. The number of hydrogen-bond acceptors (Lipinski definition) is 6. The van der Waals surface area contributed by atoms with Gasteiger partial charge in [-0.1, -0.05) is 36.0 Å². The first-order valence-corrected chi connectivity index (χ1v) is 11.1. The third-order valence-corrected chi connectivity index (χ3v) is 6.13. The van der Waals surface area contributed by atoms with Crippen LogP contribution in [0.15, 0.2) is 30.3 Å². The number of piperidine rings is 1. The number of benzene rings is 1. The zero-order chi connectivity index (χ0) is 20.5. The number of hydrogen-bond donors (Lipinski definition) is 2. The second-order valence-electron chi connectivity index (χ2n) is 7.41. The molecule has 0 saturated carbocycles. The molecule has 2 heterocycles. The first-order chi connectivity index (χ1) is 14.1. The molecule has 2 N–H and O–H groups in total. The molecular formula is C21H29N5O2S. The van der Waals surface area contributed by atoms with Crippen LogP contribution in [0, 0.1) is 0 Å². The summed E-state index contributed by atoms with van der Waals surface area (Å²) >= 11 is 1.28. The predicted octanol–water partition coefficient (Wildman–Crippen LogP) is 3.10. The maximum Gasteiger partial charge on any atom is 0.286 e. The van der Waals surface area contributed by atoms with Gasteiger partial charge in [0, 0.05) is 37.7 Å². The topological polar surface area (TPSA) is 87.2 Å². The van der Waals surface area contributed by atoms with Gasteiger partial charge in [0.1, 0.15) is 5.01 Å². The van der Waals surface area contributed by atoms with Crippen LogP contribution in [0.25, 0.3) is 0 Å². The molecule has 0 spiro atoms. The quantitative estimate of drug-likeness (QED) is 0.657. The Morgan fingerprint density at radius 2 is 2.03 bits per heavy atom. The van der Waals surface area contributed by atoms with Gasteiger partial charge in [-0.3, -0.25) is 14.5 Å². The predicted molar refractivity (Wildman–Crippen MR) is 115 cm³/mol. The minimum atomic E-state index is -0.260. The number of likely N-dealkylation sites (tertiary alicyclic amines) is 1. The van der Waals surface area contributed by atoms with Gasteiger partial charge in [-0.25, -0.2) is 0 Å². The van der Waals surface area contributed by atoms with E-state index in [2.05, 4.69) is 32.7 Å². The number of carbonyl (C=O) groups is 2. The van der Waals surface area contributed by atoms with Crippen LogP contribution < -0.4 is 10.6 Å². The Bertz CT molecular complexity index is 795. The molecule has 1 aromatic carbocycles. The molecule has 0 bridgehead atoms. The van der Waals surface area contributed by atoms with Crippen molar-refractivity contribution in [3.8, 4) is 0 Å².